The van der Waals surface area contributed by atoms with Gasteiger partial charge in [0.25, 0.3) is 0 Å². The molecule has 67 valence electrons. The third-order valence-electron chi connectivity index (χ3n) is 0. The van der Waals surface area contributed by atoms with Crippen LogP contribution in [-0.2, 0) is 0 Å². The largest absolute Gasteiger partial charge is 0.412 e. The molecule has 0 aromatic carbocycles. The van der Waals surface area contributed by atoms with E-state index in [1.54, 1.807) is 0 Å². The summed E-state index contributed by atoms with van der Waals surface area (Å²) in [7, 11) is 0. The second-order valence-corrected chi connectivity index (χ2v) is 0. The quantitative estimate of drug-likeness (QED) is 0.401. The molecule has 7 nitrogen and oxygen atoms in total. The second kappa shape index (κ2) is 340. The maximum absolute atomic E-state index is 0. The van der Waals surface area contributed by atoms with Crippen LogP contribution < -0.4 is 0 Å². The van der Waals surface area contributed by atoms with Crippen LogP contribution in [0, 0.1) is 35.6 Å². The molecule has 0 heterocycles. The Labute approximate surface area is 90.4 Å². The molecule has 0 bridgehead atoms. The molecule has 0 atom stereocenters. The molecule has 0 aliphatic heterocycles. The van der Waals surface area contributed by atoms with E-state index in [4.69, 9.17) is 0 Å². The first-order valence-electron chi connectivity index (χ1n) is 0. The molecule has 0 aliphatic rings. The zero-order valence-electron chi connectivity index (χ0n) is 4.49. The summed E-state index contributed by atoms with van der Waals surface area (Å²) in [5.41, 5.74) is 0. The number of halogens is 1. The van der Waals surface area contributed by atoms with Crippen LogP contribution in [0.25, 0.3) is 0 Å². The molecule has 0 fully saturated rings. The van der Waals surface area contributed by atoms with Gasteiger partial charge >= 0.3 is 0 Å². The first-order chi connectivity index (χ1) is 0. The van der Waals surface area contributed by atoms with E-state index in [1.807, 2.05) is 0 Å². The molecule has 14 N–H and O–H groups in total. The molecule has 0 saturated carbocycles. The van der Waals surface area contributed by atoms with Crippen molar-refractivity contribution in [2.24, 2.45) is 0 Å². The molecule has 0 saturated heterocycles. The van der Waals surface area contributed by atoms with Gasteiger partial charge in [-0.05, 0) is 0 Å². The summed E-state index contributed by atoms with van der Waals surface area (Å²) in [5.74, 6) is 0. The molecule has 0 aromatic heterocycles. The van der Waals surface area contributed by atoms with Gasteiger partial charge in [0.2, 0.25) is 0 Å². The summed E-state index contributed by atoms with van der Waals surface area (Å²) in [6, 6.07) is 0. The Balaban J connectivity index is 0. The van der Waals surface area contributed by atoms with Gasteiger partial charge in [0, 0.05) is 35.6 Å². The van der Waals surface area contributed by atoms with Crippen molar-refractivity contribution in [3.63, 3.8) is 0 Å². The second-order valence-electron chi connectivity index (χ2n) is 0. The number of hydrogen-bond donors (Lipinski definition) is 0. The first kappa shape index (κ1) is 472. The monoisotopic (exact) mass is 345 g/mol. The van der Waals surface area contributed by atoms with Crippen LogP contribution >= 0.6 is 17.0 Å². The zero-order chi connectivity index (χ0) is 0. The smallest absolute Gasteiger partial charge is 0 e. The minimum Gasteiger partial charge on any atom is -0.412 e. The van der Waals surface area contributed by atoms with Gasteiger partial charge in [-0.25, -0.2) is 0 Å². The predicted octanol–water partition coefficient (Wildman–Crippen LogP) is -5.19. The van der Waals surface area contributed by atoms with Gasteiger partial charge in [-0.3, -0.25) is 0 Å². The maximum Gasteiger partial charge on any atom is 0 e. The molecule has 0 rings (SSSR count). The van der Waals surface area contributed by atoms with E-state index < -0.39 is 0 Å². The normalized spacial score (nSPS) is 0. The van der Waals surface area contributed by atoms with E-state index >= 15 is 0 Å². The van der Waals surface area contributed by atoms with Crippen LogP contribution in [0.4, 0.5) is 0 Å². The summed E-state index contributed by atoms with van der Waals surface area (Å²) >= 11 is 0. The van der Waals surface area contributed by atoms with Gasteiger partial charge in [-0.1, -0.05) is 0 Å². The topological polar surface area (TPSA) is 220 Å². The van der Waals surface area contributed by atoms with E-state index in [-0.39, 0.29) is 90.9 Å². The van der Waals surface area contributed by atoms with Gasteiger partial charge in [0.15, 0.2) is 0 Å². The average Bonchev–Trinajstić information content (AvgIpc) is 0. The van der Waals surface area contributed by atoms with Gasteiger partial charge in [-0.2, -0.15) is 0 Å². The van der Waals surface area contributed by atoms with Crippen LogP contribution in [0.2, 0.25) is 0 Å². The summed E-state index contributed by atoms with van der Waals surface area (Å²) < 4.78 is 0. The molecule has 0 amide bonds. The molecule has 0 unspecified atom stereocenters. The Morgan fingerprint density at radius 3 is 0.333 bits per heavy atom. The van der Waals surface area contributed by atoms with Crippen LogP contribution in [-0.4, -0.2) is 38.3 Å². The fourth-order valence-corrected chi connectivity index (χ4v) is 0. The first-order valence-corrected chi connectivity index (χ1v) is 0. The van der Waals surface area contributed by atoms with Crippen molar-refractivity contribution in [3.8, 4) is 0 Å². The maximum atomic E-state index is 0. The minimum absolute atomic E-state index is 0. The molecule has 9 heteroatoms. The Bertz CT molecular complexity index is 8.88. The zero-order valence-corrected chi connectivity index (χ0v) is 9.82. The minimum atomic E-state index is 0. The van der Waals surface area contributed by atoms with Crippen LogP contribution in [0.3, 0.4) is 0 Å². The van der Waals surface area contributed by atoms with Gasteiger partial charge < -0.3 is 38.3 Å². The van der Waals surface area contributed by atoms with E-state index in [2.05, 4.69) is 0 Å². The van der Waals surface area contributed by atoms with E-state index in [0.29, 0.717) is 0 Å². The predicted molar refractivity (Wildman–Crippen MR) is 35.6 cm³/mol. The number of rotatable bonds is 0. The Hall–Kier alpha value is 1.39. The fraction of sp³-hybridized carbons (Fsp3) is 0. The van der Waals surface area contributed by atoms with Crippen molar-refractivity contribution in [2.45, 2.75) is 0 Å². The SMILES string of the molecule is Br.O.O.O.O.O.O.O.[La]. The van der Waals surface area contributed by atoms with E-state index in [9.17, 15) is 0 Å². The summed E-state index contributed by atoms with van der Waals surface area (Å²) in [4.78, 5) is 0. The molecule has 0 aliphatic carbocycles. The van der Waals surface area contributed by atoms with Crippen LogP contribution in [0.1, 0.15) is 0 Å². The van der Waals surface area contributed by atoms with Gasteiger partial charge in [-0.15, -0.1) is 17.0 Å². The summed E-state index contributed by atoms with van der Waals surface area (Å²) in [6.45, 7) is 0. The Kier molecular flexibility index (Phi) is 17800. The van der Waals surface area contributed by atoms with Crippen molar-refractivity contribution in [1.82, 2.24) is 0 Å². The number of hydrogen-bond acceptors (Lipinski definition) is 0. The van der Waals surface area contributed by atoms with Gasteiger partial charge in [0.05, 0.1) is 0 Å². The molecule has 0 spiro atoms. The Morgan fingerprint density at radius 1 is 0.333 bits per heavy atom. The fourth-order valence-electron chi connectivity index (χ4n) is 0. The molecular weight excluding hydrogens is 331 g/mol. The molecule has 0 aromatic rings. The average molecular weight is 346 g/mol. The van der Waals surface area contributed by atoms with Crippen molar-refractivity contribution in [3.05, 3.63) is 0 Å². The van der Waals surface area contributed by atoms with Crippen LogP contribution in [0.15, 0.2) is 0 Å². The summed E-state index contributed by atoms with van der Waals surface area (Å²) in [6.07, 6.45) is 0. The summed E-state index contributed by atoms with van der Waals surface area (Å²) in [5, 5.41) is 0. The van der Waals surface area contributed by atoms with E-state index in [0.717, 1.165) is 0 Å². The van der Waals surface area contributed by atoms with Crippen LogP contribution in [0.5, 0.6) is 0 Å². The van der Waals surface area contributed by atoms with Crippen molar-refractivity contribution in [1.29, 1.82) is 0 Å². The molecule has 1 radical (unpaired) electrons. The van der Waals surface area contributed by atoms with Gasteiger partial charge in [0.1, 0.15) is 0 Å². The van der Waals surface area contributed by atoms with E-state index in [1.165, 1.54) is 0 Å². The Morgan fingerprint density at radius 2 is 0.333 bits per heavy atom. The van der Waals surface area contributed by atoms with Crippen molar-refractivity contribution >= 4 is 17.0 Å². The molecular formula is H15BrLaO7. The third kappa shape index (κ3) is 264. The third-order valence-corrected chi connectivity index (χ3v) is 0. The van der Waals surface area contributed by atoms with Crippen molar-refractivity contribution < 1.29 is 73.9 Å². The standard InChI is InChI=1S/BrH.La.7H2O/h1H;;7*1H2. The van der Waals surface area contributed by atoms with Crippen molar-refractivity contribution in [2.75, 3.05) is 0 Å². The molecule has 9 heavy (non-hydrogen) atoms.